The Labute approximate surface area is 201 Å². The van der Waals surface area contributed by atoms with Gasteiger partial charge >= 0.3 is 5.97 Å². The lowest BCUT2D eigenvalue weighted by Gasteiger charge is -2.51. The van der Waals surface area contributed by atoms with Crippen LogP contribution in [-0.4, -0.2) is 58.9 Å². The van der Waals surface area contributed by atoms with Crippen LogP contribution >= 0.6 is 11.3 Å². The van der Waals surface area contributed by atoms with E-state index in [4.69, 9.17) is 9.26 Å². The summed E-state index contributed by atoms with van der Waals surface area (Å²) >= 11 is 1.39. The first-order valence-corrected chi connectivity index (χ1v) is 11.8. The molecule has 2 N–H and O–H groups in total. The van der Waals surface area contributed by atoms with Crippen molar-refractivity contribution >= 4 is 29.0 Å². The Balaban J connectivity index is 0.00000245. The molecule has 174 valence electrons. The maximum atomic E-state index is 13.2. The Hall–Kier alpha value is -1.75. The number of quaternary nitrogens is 1. The lowest BCUT2D eigenvalue weighted by Crippen LogP contribution is -3.00. The van der Waals surface area contributed by atoms with Crippen LogP contribution in [0, 0.1) is 18.8 Å². The van der Waals surface area contributed by atoms with Crippen molar-refractivity contribution in [3.8, 4) is 0 Å². The summed E-state index contributed by atoms with van der Waals surface area (Å²) in [5.41, 5.74) is -1.55. The van der Waals surface area contributed by atoms with Gasteiger partial charge in [0.2, 0.25) is 0 Å². The molecule has 5 heterocycles. The fourth-order valence-corrected chi connectivity index (χ4v) is 6.07. The van der Waals surface area contributed by atoms with Gasteiger partial charge in [0.15, 0.2) is 24.1 Å². The molecule has 0 aromatic carbocycles. The Kier molecular flexibility index (Phi) is 6.50. The number of hydrogen-bond donors (Lipinski definition) is 2. The molecule has 2 aromatic rings. The molecular formula is C22H28BrN3O5S. The maximum absolute atomic E-state index is 13.2. The number of esters is 1. The third kappa shape index (κ3) is 4.37. The van der Waals surface area contributed by atoms with E-state index in [2.05, 4.69) is 10.5 Å². The lowest BCUT2D eigenvalue weighted by atomic mass is 9.83. The first-order chi connectivity index (χ1) is 14.9. The van der Waals surface area contributed by atoms with Gasteiger partial charge in [-0.15, -0.1) is 11.3 Å². The summed E-state index contributed by atoms with van der Waals surface area (Å²) in [7, 11) is 0. The van der Waals surface area contributed by atoms with E-state index in [1.807, 2.05) is 17.5 Å². The van der Waals surface area contributed by atoms with Crippen molar-refractivity contribution in [3.05, 3.63) is 34.2 Å². The molecular weight excluding hydrogens is 498 g/mol. The average molecular weight is 526 g/mol. The number of ether oxygens (including phenoxy) is 1. The molecule has 10 heteroatoms. The van der Waals surface area contributed by atoms with Gasteiger partial charge in [0.1, 0.15) is 12.3 Å². The Morgan fingerprint density at radius 1 is 1.34 bits per heavy atom. The van der Waals surface area contributed by atoms with Gasteiger partial charge in [-0.25, -0.2) is 4.79 Å². The van der Waals surface area contributed by atoms with Crippen molar-refractivity contribution in [2.24, 2.45) is 11.8 Å². The number of aromatic nitrogens is 1. The molecule has 1 unspecified atom stereocenters. The highest BCUT2D eigenvalue weighted by molar-refractivity contribution is 7.10. The minimum Gasteiger partial charge on any atom is -1.00 e. The summed E-state index contributed by atoms with van der Waals surface area (Å²) in [6.45, 7) is 4.47. The number of anilines is 1. The Bertz CT molecular complexity index is 968. The van der Waals surface area contributed by atoms with Crippen LogP contribution in [0.4, 0.5) is 5.82 Å². The summed E-state index contributed by atoms with van der Waals surface area (Å²) in [5.74, 6) is 0.628. The predicted octanol–water partition coefficient (Wildman–Crippen LogP) is -0.563. The molecule has 1 saturated carbocycles. The van der Waals surface area contributed by atoms with Crippen LogP contribution in [0.15, 0.2) is 28.1 Å². The first-order valence-electron chi connectivity index (χ1n) is 10.9. The van der Waals surface area contributed by atoms with E-state index < -0.39 is 11.6 Å². The van der Waals surface area contributed by atoms with Gasteiger partial charge in [-0.3, -0.25) is 4.79 Å². The Morgan fingerprint density at radius 2 is 2.09 bits per heavy atom. The third-order valence-corrected chi connectivity index (χ3v) is 8.05. The summed E-state index contributed by atoms with van der Waals surface area (Å²) in [6.07, 6.45) is 3.21. The van der Waals surface area contributed by atoms with E-state index >= 15 is 0 Å². The van der Waals surface area contributed by atoms with E-state index in [0.29, 0.717) is 34.0 Å². The number of rotatable bonds is 7. The number of fused-ring (bicyclic) bond motifs is 3. The van der Waals surface area contributed by atoms with Gasteiger partial charge in [-0.1, -0.05) is 11.2 Å². The topological polar surface area (TPSA) is 102 Å². The highest BCUT2D eigenvalue weighted by Gasteiger charge is 2.55. The minimum absolute atomic E-state index is 0. The second-order valence-corrected chi connectivity index (χ2v) is 10.2. The van der Waals surface area contributed by atoms with Crippen LogP contribution in [0.1, 0.15) is 36.3 Å². The molecule has 2 bridgehead atoms. The number of nitrogens with one attached hydrogen (secondary N) is 1. The number of thiophene rings is 1. The number of nitrogens with zero attached hydrogens (tertiary/aromatic N) is 2. The zero-order valence-electron chi connectivity index (χ0n) is 18.0. The van der Waals surface area contributed by atoms with E-state index in [1.54, 1.807) is 13.0 Å². The van der Waals surface area contributed by atoms with Gasteiger partial charge in [-0.2, -0.15) is 0 Å². The van der Waals surface area contributed by atoms with Crippen LogP contribution in [0.3, 0.4) is 0 Å². The van der Waals surface area contributed by atoms with Crippen molar-refractivity contribution in [1.82, 2.24) is 5.16 Å². The third-order valence-electron chi connectivity index (χ3n) is 7.05. The van der Waals surface area contributed by atoms with Crippen LogP contribution in [0.25, 0.3) is 0 Å². The molecule has 0 radical (unpaired) electrons. The lowest BCUT2D eigenvalue weighted by molar-refractivity contribution is -0.939. The molecule has 8 nitrogen and oxygen atoms in total. The average Bonchev–Trinajstić information content (AvgIpc) is 3.30. The van der Waals surface area contributed by atoms with E-state index in [0.717, 1.165) is 38.8 Å². The van der Waals surface area contributed by atoms with E-state index in [-0.39, 0.29) is 40.8 Å². The fraction of sp³-hybridized carbons (Fsp3) is 0.591. The van der Waals surface area contributed by atoms with Crippen LogP contribution in [0.5, 0.6) is 0 Å². The zero-order valence-corrected chi connectivity index (χ0v) is 20.4. The number of carbonyl (C=O) groups excluding carboxylic acids is 2. The normalized spacial score (nSPS) is 28.4. The van der Waals surface area contributed by atoms with Crippen molar-refractivity contribution in [1.29, 1.82) is 0 Å². The molecule has 4 fully saturated rings. The van der Waals surface area contributed by atoms with Gasteiger partial charge in [0, 0.05) is 35.6 Å². The molecule has 3 saturated heterocycles. The standard InChI is InChI=1S/C22H27N3O5S.BrH/c1-14-11-19(24-30-14)23-20(26)13-25-8-6-15(7-9-25)17(12-25)29-21(27)22(28,16-4-5-16)18-3-2-10-31-18;/h2-3,10-11,15-17,28H,4-9,12-13H2,1H3;1H/t15?,17?,22-,25?;/m0./s1. The molecule has 1 amide bonds. The maximum Gasteiger partial charge on any atom is 0.344 e. The molecule has 3 aliphatic heterocycles. The number of halogens is 1. The van der Waals surface area contributed by atoms with Crippen LogP contribution in [0.2, 0.25) is 0 Å². The molecule has 32 heavy (non-hydrogen) atoms. The largest absolute Gasteiger partial charge is 1.00 e. The summed E-state index contributed by atoms with van der Waals surface area (Å²) in [4.78, 5) is 26.5. The summed E-state index contributed by atoms with van der Waals surface area (Å²) < 4.78 is 11.6. The van der Waals surface area contributed by atoms with Crippen molar-refractivity contribution in [2.45, 2.75) is 44.3 Å². The highest BCUT2D eigenvalue weighted by atomic mass is 79.9. The second-order valence-electron chi connectivity index (χ2n) is 9.30. The molecule has 0 spiro atoms. The monoisotopic (exact) mass is 525 g/mol. The predicted molar refractivity (Wildman–Crippen MR) is 113 cm³/mol. The van der Waals surface area contributed by atoms with Gasteiger partial charge in [-0.05, 0) is 31.2 Å². The van der Waals surface area contributed by atoms with Crippen LogP contribution < -0.4 is 22.3 Å². The Morgan fingerprint density at radius 3 is 2.69 bits per heavy atom. The quantitative estimate of drug-likeness (QED) is 0.371. The number of hydrogen-bond acceptors (Lipinski definition) is 7. The van der Waals surface area contributed by atoms with Gasteiger partial charge in [0.25, 0.3) is 5.91 Å². The molecule has 6 rings (SSSR count). The van der Waals surface area contributed by atoms with Gasteiger partial charge in [0.05, 0.1) is 13.1 Å². The second kappa shape index (κ2) is 8.89. The van der Waals surface area contributed by atoms with E-state index in [9.17, 15) is 14.7 Å². The zero-order chi connectivity index (χ0) is 21.6. The summed E-state index contributed by atoms with van der Waals surface area (Å²) in [5, 5.41) is 19.8. The molecule has 1 aliphatic carbocycles. The smallest absolute Gasteiger partial charge is 0.344 e. The minimum atomic E-state index is -1.55. The number of carbonyl (C=O) groups is 2. The number of piperidine rings is 3. The fourth-order valence-electron chi connectivity index (χ4n) is 5.18. The molecule has 4 aliphatic rings. The SMILES string of the molecule is Cc1cc(NC(=O)C[N+]23CCC(CC2)C(OC(=O)[C@@](O)(c2cccs2)C2CC2)C3)no1.[Br-]. The van der Waals surface area contributed by atoms with Crippen LogP contribution in [-0.2, 0) is 19.9 Å². The first kappa shape index (κ1) is 23.4. The highest BCUT2D eigenvalue weighted by Crippen LogP contribution is 2.48. The molecule has 2 atom stereocenters. The van der Waals surface area contributed by atoms with E-state index in [1.165, 1.54) is 11.3 Å². The molecule has 2 aromatic heterocycles. The number of aryl methyl sites for hydroxylation is 1. The number of amides is 1. The van der Waals surface area contributed by atoms with Crippen molar-refractivity contribution in [2.75, 3.05) is 31.5 Å². The van der Waals surface area contributed by atoms with Gasteiger partial charge < -0.3 is 41.1 Å². The number of aliphatic hydroxyl groups is 1. The van der Waals surface area contributed by atoms with Crippen molar-refractivity contribution in [3.63, 3.8) is 0 Å². The summed E-state index contributed by atoms with van der Waals surface area (Å²) in [6, 6.07) is 5.35. The van der Waals surface area contributed by atoms with Crippen molar-refractivity contribution < 1.29 is 45.4 Å².